The molecule has 1 saturated heterocycles. The Bertz CT molecular complexity index is 1300. The van der Waals surface area contributed by atoms with E-state index in [0.717, 1.165) is 10.8 Å². The van der Waals surface area contributed by atoms with E-state index >= 15 is 0 Å². The molecule has 0 saturated carbocycles. The Morgan fingerprint density at radius 2 is 1.65 bits per heavy atom. The summed E-state index contributed by atoms with van der Waals surface area (Å²) in [5.41, 5.74) is 0.258. The van der Waals surface area contributed by atoms with Gasteiger partial charge in [-0.1, -0.05) is 36.4 Å². The van der Waals surface area contributed by atoms with Crippen LogP contribution in [0.15, 0.2) is 71.6 Å². The van der Waals surface area contributed by atoms with E-state index in [1.807, 2.05) is 42.5 Å². The number of rotatable bonds is 7. The Kier molecular flexibility index (Phi) is 7.14. The number of fused-ring (bicyclic) bond motifs is 1. The van der Waals surface area contributed by atoms with Crippen molar-refractivity contribution in [3.8, 4) is 5.75 Å². The Balaban J connectivity index is 1.32. The van der Waals surface area contributed by atoms with Gasteiger partial charge in [0.15, 0.2) is 0 Å². The number of benzene rings is 3. The molecule has 0 radical (unpaired) electrons. The molecule has 1 heterocycles. The third-order valence-electron chi connectivity index (χ3n) is 5.80. The van der Waals surface area contributed by atoms with Gasteiger partial charge in [0.05, 0.1) is 11.4 Å². The van der Waals surface area contributed by atoms with Gasteiger partial charge in [-0.2, -0.15) is 4.31 Å². The normalized spacial score (nSPS) is 14.7. The molecule has 0 aromatic heterocycles. The second-order valence-corrected chi connectivity index (χ2v) is 9.99. The third-order valence-corrected chi connectivity index (χ3v) is 7.69. The number of piperazine rings is 1. The molecular weight excluding hydrogens is 454 g/mol. The van der Waals surface area contributed by atoms with Crippen LogP contribution in [-0.2, 0) is 14.8 Å². The summed E-state index contributed by atoms with van der Waals surface area (Å²) in [5.74, 6) is 0.270. The molecule has 178 valence electrons. The highest BCUT2D eigenvalue weighted by molar-refractivity contribution is 7.89. The zero-order valence-electron chi connectivity index (χ0n) is 18.9. The molecule has 4 rings (SSSR count). The molecule has 1 fully saturated rings. The highest BCUT2D eigenvalue weighted by Crippen LogP contribution is 2.21. The number of amides is 2. The van der Waals surface area contributed by atoms with Crippen LogP contribution in [0.2, 0.25) is 0 Å². The van der Waals surface area contributed by atoms with E-state index in [1.165, 1.54) is 23.4 Å². The number of ether oxygens (including phenoxy) is 1. The summed E-state index contributed by atoms with van der Waals surface area (Å²) in [6, 6.07) is 19.8. The SMILES string of the molecule is CC(=O)N1CCN(S(=O)(=O)c2cccc(C(=O)NCCOc3ccc4ccccc4c3)c2)CC1. The summed E-state index contributed by atoms with van der Waals surface area (Å²) in [4.78, 5) is 25.8. The van der Waals surface area contributed by atoms with Crippen molar-refractivity contribution in [3.05, 3.63) is 72.3 Å². The first-order valence-corrected chi connectivity index (χ1v) is 12.5. The Morgan fingerprint density at radius 3 is 2.38 bits per heavy atom. The van der Waals surface area contributed by atoms with Gasteiger partial charge in [-0.15, -0.1) is 0 Å². The first-order valence-electron chi connectivity index (χ1n) is 11.1. The lowest BCUT2D eigenvalue weighted by Crippen LogP contribution is -2.49. The molecule has 3 aromatic rings. The molecule has 1 aliphatic rings. The molecule has 8 nitrogen and oxygen atoms in total. The maximum absolute atomic E-state index is 13.0. The van der Waals surface area contributed by atoms with Crippen LogP contribution in [0.5, 0.6) is 5.75 Å². The monoisotopic (exact) mass is 481 g/mol. The summed E-state index contributed by atoms with van der Waals surface area (Å²) in [5, 5.41) is 4.96. The van der Waals surface area contributed by atoms with Gasteiger partial charge in [0, 0.05) is 38.7 Å². The van der Waals surface area contributed by atoms with Crippen molar-refractivity contribution < 1.29 is 22.7 Å². The van der Waals surface area contributed by atoms with Gasteiger partial charge in [-0.25, -0.2) is 8.42 Å². The maximum Gasteiger partial charge on any atom is 0.251 e. The van der Waals surface area contributed by atoms with Crippen LogP contribution in [0.1, 0.15) is 17.3 Å². The van der Waals surface area contributed by atoms with Crippen molar-refractivity contribution in [2.45, 2.75) is 11.8 Å². The molecular formula is C25H27N3O5S. The minimum atomic E-state index is -3.76. The van der Waals surface area contributed by atoms with E-state index in [0.29, 0.717) is 18.8 Å². The van der Waals surface area contributed by atoms with E-state index in [9.17, 15) is 18.0 Å². The van der Waals surface area contributed by atoms with Crippen molar-refractivity contribution >= 4 is 32.6 Å². The number of hydrogen-bond acceptors (Lipinski definition) is 5. The zero-order chi connectivity index (χ0) is 24.1. The molecule has 1 aliphatic heterocycles. The molecule has 0 unspecified atom stereocenters. The van der Waals surface area contributed by atoms with Crippen LogP contribution < -0.4 is 10.1 Å². The minimum Gasteiger partial charge on any atom is -0.492 e. The number of carbonyl (C=O) groups excluding carboxylic acids is 2. The van der Waals surface area contributed by atoms with E-state index in [1.54, 1.807) is 17.0 Å². The average molecular weight is 482 g/mol. The fraction of sp³-hybridized carbons (Fsp3) is 0.280. The van der Waals surface area contributed by atoms with Gasteiger partial charge in [-0.3, -0.25) is 9.59 Å². The Labute approximate surface area is 199 Å². The van der Waals surface area contributed by atoms with Crippen molar-refractivity contribution in [1.29, 1.82) is 0 Å². The van der Waals surface area contributed by atoms with Gasteiger partial charge in [0.25, 0.3) is 5.91 Å². The van der Waals surface area contributed by atoms with E-state index in [2.05, 4.69) is 5.32 Å². The molecule has 0 bridgehead atoms. The summed E-state index contributed by atoms with van der Waals surface area (Å²) in [7, 11) is -3.76. The second-order valence-electron chi connectivity index (χ2n) is 8.05. The van der Waals surface area contributed by atoms with Crippen molar-refractivity contribution in [1.82, 2.24) is 14.5 Å². The van der Waals surface area contributed by atoms with Gasteiger partial charge in [-0.05, 0) is 41.1 Å². The lowest BCUT2D eigenvalue weighted by Gasteiger charge is -2.33. The van der Waals surface area contributed by atoms with Crippen LogP contribution in [0, 0.1) is 0 Å². The van der Waals surface area contributed by atoms with E-state index < -0.39 is 10.0 Å². The van der Waals surface area contributed by atoms with Crippen molar-refractivity contribution in [2.75, 3.05) is 39.3 Å². The molecule has 0 atom stereocenters. The van der Waals surface area contributed by atoms with Crippen LogP contribution in [0.4, 0.5) is 0 Å². The summed E-state index contributed by atoms with van der Waals surface area (Å²) >= 11 is 0. The van der Waals surface area contributed by atoms with Gasteiger partial charge in [0.2, 0.25) is 15.9 Å². The summed E-state index contributed by atoms with van der Waals surface area (Å²) in [6.45, 7) is 3.18. The predicted octanol–water partition coefficient (Wildman–Crippen LogP) is 2.50. The molecule has 1 N–H and O–H groups in total. The van der Waals surface area contributed by atoms with Crippen LogP contribution in [0.25, 0.3) is 10.8 Å². The van der Waals surface area contributed by atoms with Gasteiger partial charge < -0.3 is 15.0 Å². The Morgan fingerprint density at radius 1 is 0.912 bits per heavy atom. The fourth-order valence-electron chi connectivity index (χ4n) is 3.88. The number of nitrogens with zero attached hydrogens (tertiary/aromatic N) is 2. The predicted molar refractivity (Wildman–Crippen MR) is 129 cm³/mol. The smallest absolute Gasteiger partial charge is 0.251 e. The lowest BCUT2D eigenvalue weighted by molar-refractivity contribution is -0.129. The molecule has 0 aliphatic carbocycles. The van der Waals surface area contributed by atoms with Gasteiger partial charge in [0.1, 0.15) is 12.4 Å². The van der Waals surface area contributed by atoms with Crippen LogP contribution in [-0.4, -0.2) is 68.8 Å². The number of carbonyl (C=O) groups is 2. The average Bonchev–Trinajstić information content (AvgIpc) is 2.86. The quantitative estimate of drug-likeness (QED) is 0.523. The molecule has 3 aromatic carbocycles. The topological polar surface area (TPSA) is 96.0 Å². The van der Waals surface area contributed by atoms with Gasteiger partial charge >= 0.3 is 0 Å². The number of hydrogen-bond donors (Lipinski definition) is 1. The zero-order valence-corrected chi connectivity index (χ0v) is 19.8. The van der Waals surface area contributed by atoms with Crippen LogP contribution >= 0.6 is 0 Å². The van der Waals surface area contributed by atoms with E-state index in [4.69, 9.17) is 4.74 Å². The Hall–Kier alpha value is -3.43. The largest absolute Gasteiger partial charge is 0.492 e. The first kappa shape index (κ1) is 23.7. The fourth-order valence-corrected chi connectivity index (χ4v) is 5.35. The van der Waals surface area contributed by atoms with E-state index in [-0.39, 0.29) is 48.5 Å². The van der Waals surface area contributed by atoms with Crippen LogP contribution in [0.3, 0.4) is 0 Å². The first-order chi connectivity index (χ1) is 16.3. The summed E-state index contributed by atoms with van der Waals surface area (Å²) < 4.78 is 33.1. The third kappa shape index (κ3) is 5.37. The van der Waals surface area contributed by atoms with Crippen molar-refractivity contribution in [2.24, 2.45) is 0 Å². The molecule has 0 spiro atoms. The molecule has 34 heavy (non-hydrogen) atoms. The second kappa shape index (κ2) is 10.2. The molecule has 9 heteroatoms. The number of sulfonamides is 1. The highest BCUT2D eigenvalue weighted by atomic mass is 32.2. The summed E-state index contributed by atoms with van der Waals surface area (Å²) in [6.07, 6.45) is 0. The number of nitrogens with one attached hydrogen (secondary N) is 1. The maximum atomic E-state index is 13.0. The molecule has 2 amide bonds. The standard InChI is InChI=1S/C25H27N3O5S/c1-19(29)27-12-14-28(15-13-27)34(31,32)24-8-4-7-22(18-24)25(30)26-11-16-33-23-10-9-20-5-2-3-6-21(20)17-23/h2-10,17-18H,11-16H2,1H3,(H,26,30). The lowest BCUT2D eigenvalue weighted by atomic mass is 10.1. The minimum absolute atomic E-state index is 0.0591. The van der Waals surface area contributed by atoms with Crippen molar-refractivity contribution in [3.63, 3.8) is 0 Å². The highest BCUT2D eigenvalue weighted by Gasteiger charge is 2.29.